The number of hydrogen-bond acceptors (Lipinski definition) is 4. The van der Waals surface area contributed by atoms with Gasteiger partial charge in [-0.25, -0.2) is 4.79 Å². The number of carbonyl (C=O) groups excluding carboxylic acids is 1. The number of amides is 2. The molecule has 0 atom stereocenters. The van der Waals surface area contributed by atoms with Crippen LogP contribution in [0.3, 0.4) is 0 Å². The summed E-state index contributed by atoms with van der Waals surface area (Å²) in [6, 6.07) is 5.81. The molecule has 1 rings (SSSR count). The summed E-state index contributed by atoms with van der Waals surface area (Å²) in [5, 5.41) is 5.75. The van der Waals surface area contributed by atoms with Crippen LogP contribution in [0, 0.1) is 6.92 Å². The second-order valence-electron chi connectivity index (χ2n) is 3.48. The van der Waals surface area contributed by atoms with Gasteiger partial charge < -0.3 is 10.6 Å². The van der Waals surface area contributed by atoms with Gasteiger partial charge in [0.2, 0.25) is 0 Å². The highest BCUT2D eigenvalue weighted by Crippen LogP contribution is 1.97. The molecule has 0 aliphatic carbocycles. The molecule has 5 nitrogen and oxygen atoms in total. The number of pyridine rings is 1. The van der Waals surface area contributed by atoms with Crippen molar-refractivity contribution in [3.8, 4) is 0 Å². The Hall–Kier alpha value is -1.27. The van der Waals surface area contributed by atoms with Crippen LogP contribution in [0.15, 0.2) is 18.2 Å². The minimum atomic E-state index is -0.171. The molecule has 6 heteroatoms. The number of nitrogens with one attached hydrogen (secondary N) is 3. The fourth-order valence-electron chi connectivity index (χ4n) is 1.21. The zero-order valence-electron chi connectivity index (χ0n) is 10.1. The Morgan fingerprint density at radius 2 is 2.29 bits per heavy atom. The summed E-state index contributed by atoms with van der Waals surface area (Å²) in [6.07, 6.45) is 0. The van der Waals surface area contributed by atoms with Crippen LogP contribution in [-0.2, 0) is 6.54 Å². The summed E-state index contributed by atoms with van der Waals surface area (Å²) in [5.74, 6) is 0.819. The fraction of sp³-hybridized carbons (Fsp3) is 0.455. The molecule has 3 N–H and O–H groups in total. The van der Waals surface area contributed by atoms with E-state index in [1.807, 2.05) is 25.1 Å². The Morgan fingerprint density at radius 1 is 1.47 bits per heavy atom. The molecule has 94 valence electrons. The van der Waals surface area contributed by atoms with Gasteiger partial charge in [-0.2, -0.15) is 0 Å². The summed E-state index contributed by atoms with van der Waals surface area (Å²) in [7, 11) is 1.59. The Kier molecular flexibility index (Phi) is 6.42. The monoisotopic (exact) mass is 254 g/mol. The summed E-state index contributed by atoms with van der Waals surface area (Å²) >= 11 is 1.38. The van der Waals surface area contributed by atoms with Crippen molar-refractivity contribution in [1.29, 1.82) is 0 Å². The summed E-state index contributed by atoms with van der Waals surface area (Å²) in [5.41, 5.74) is 2.06. The van der Waals surface area contributed by atoms with Gasteiger partial charge in [0.25, 0.3) is 0 Å². The SMILES string of the molecule is CNC(=O)NSCCNCc1cccc(C)n1. The lowest BCUT2D eigenvalue weighted by Crippen LogP contribution is -2.29. The molecule has 0 radical (unpaired) electrons. The lowest BCUT2D eigenvalue weighted by atomic mass is 10.3. The highest BCUT2D eigenvalue weighted by Gasteiger charge is 1.96. The largest absolute Gasteiger partial charge is 0.341 e. The Bertz CT molecular complexity index is 359. The molecule has 1 heterocycles. The molecule has 0 saturated carbocycles. The van der Waals surface area contributed by atoms with Crippen molar-refractivity contribution < 1.29 is 4.79 Å². The molecule has 2 amide bonds. The Morgan fingerprint density at radius 3 is 3.00 bits per heavy atom. The maximum atomic E-state index is 10.8. The Balaban J connectivity index is 2.06. The van der Waals surface area contributed by atoms with Crippen LogP contribution in [0.4, 0.5) is 4.79 Å². The van der Waals surface area contributed by atoms with Crippen LogP contribution in [0.5, 0.6) is 0 Å². The van der Waals surface area contributed by atoms with E-state index in [9.17, 15) is 4.79 Å². The average Bonchev–Trinajstić information content (AvgIpc) is 2.33. The number of hydrogen-bond donors (Lipinski definition) is 3. The van der Waals surface area contributed by atoms with E-state index in [-0.39, 0.29) is 6.03 Å². The van der Waals surface area contributed by atoms with Crippen LogP contribution < -0.4 is 15.4 Å². The average molecular weight is 254 g/mol. The minimum absolute atomic E-state index is 0.171. The molecule has 0 bridgehead atoms. The molecule has 17 heavy (non-hydrogen) atoms. The van der Waals surface area contributed by atoms with Crippen molar-refractivity contribution in [1.82, 2.24) is 20.3 Å². The predicted molar refractivity (Wildman–Crippen MR) is 70.7 cm³/mol. The zero-order chi connectivity index (χ0) is 12.5. The summed E-state index contributed by atoms with van der Waals surface area (Å²) in [6.45, 7) is 3.55. The molecular formula is C11H18N4OS. The van der Waals surface area contributed by atoms with Crippen molar-refractivity contribution in [3.05, 3.63) is 29.6 Å². The molecule has 0 fully saturated rings. The first-order chi connectivity index (χ1) is 8.22. The van der Waals surface area contributed by atoms with Crippen LogP contribution >= 0.6 is 11.9 Å². The Labute approximate surface area is 106 Å². The van der Waals surface area contributed by atoms with Gasteiger partial charge in [-0.1, -0.05) is 6.07 Å². The van der Waals surface area contributed by atoms with Gasteiger partial charge in [0.1, 0.15) is 0 Å². The van der Waals surface area contributed by atoms with Crippen LogP contribution in [0.25, 0.3) is 0 Å². The predicted octanol–water partition coefficient (Wildman–Crippen LogP) is 1.06. The number of rotatable bonds is 6. The van der Waals surface area contributed by atoms with E-state index in [2.05, 4.69) is 20.3 Å². The van der Waals surface area contributed by atoms with Gasteiger partial charge in [-0.3, -0.25) is 9.71 Å². The number of aryl methyl sites for hydroxylation is 1. The van der Waals surface area contributed by atoms with E-state index in [1.54, 1.807) is 7.05 Å². The standard InChI is InChI=1S/C11H18N4OS/c1-9-4-3-5-10(14-9)8-13-6-7-17-15-11(16)12-2/h3-5,13H,6-8H2,1-2H3,(H2,12,15,16). The van der Waals surface area contributed by atoms with E-state index in [0.29, 0.717) is 0 Å². The van der Waals surface area contributed by atoms with Gasteiger partial charge >= 0.3 is 6.03 Å². The number of urea groups is 1. The van der Waals surface area contributed by atoms with Crippen LogP contribution in [-0.4, -0.2) is 30.4 Å². The normalized spacial score (nSPS) is 10.0. The van der Waals surface area contributed by atoms with E-state index >= 15 is 0 Å². The quantitative estimate of drug-likeness (QED) is 0.524. The zero-order valence-corrected chi connectivity index (χ0v) is 10.9. The van der Waals surface area contributed by atoms with E-state index in [0.717, 1.165) is 30.2 Å². The molecule has 1 aromatic heterocycles. The second-order valence-corrected chi connectivity index (χ2v) is 4.38. The third-order valence-corrected chi connectivity index (χ3v) is 2.76. The molecule has 0 unspecified atom stereocenters. The van der Waals surface area contributed by atoms with Crippen molar-refractivity contribution in [2.75, 3.05) is 19.3 Å². The van der Waals surface area contributed by atoms with E-state index in [4.69, 9.17) is 0 Å². The van der Waals surface area contributed by atoms with Crippen molar-refractivity contribution >= 4 is 18.0 Å². The third-order valence-electron chi connectivity index (χ3n) is 2.02. The smallest absolute Gasteiger partial charge is 0.324 e. The second kappa shape index (κ2) is 7.92. The van der Waals surface area contributed by atoms with Crippen LogP contribution in [0.1, 0.15) is 11.4 Å². The first-order valence-electron chi connectivity index (χ1n) is 5.45. The van der Waals surface area contributed by atoms with Crippen molar-refractivity contribution in [2.45, 2.75) is 13.5 Å². The van der Waals surface area contributed by atoms with Crippen molar-refractivity contribution in [2.24, 2.45) is 0 Å². The minimum Gasteiger partial charge on any atom is -0.341 e. The maximum absolute atomic E-state index is 10.8. The molecule has 0 spiro atoms. The van der Waals surface area contributed by atoms with E-state index < -0.39 is 0 Å². The van der Waals surface area contributed by atoms with Gasteiger partial charge in [0, 0.05) is 31.6 Å². The highest BCUT2D eigenvalue weighted by molar-refractivity contribution is 7.97. The van der Waals surface area contributed by atoms with E-state index in [1.165, 1.54) is 11.9 Å². The topological polar surface area (TPSA) is 66.1 Å². The van der Waals surface area contributed by atoms with Gasteiger partial charge in [-0.05, 0) is 31.0 Å². The van der Waals surface area contributed by atoms with Gasteiger partial charge in [0.15, 0.2) is 0 Å². The lowest BCUT2D eigenvalue weighted by molar-refractivity contribution is 0.248. The first-order valence-corrected chi connectivity index (χ1v) is 6.43. The number of carbonyl (C=O) groups is 1. The van der Waals surface area contributed by atoms with Crippen molar-refractivity contribution in [3.63, 3.8) is 0 Å². The third kappa shape index (κ3) is 6.13. The molecule has 0 aliphatic heterocycles. The molecule has 0 saturated heterocycles. The number of aromatic nitrogens is 1. The van der Waals surface area contributed by atoms with Crippen LogP contribution in [0.2, 0.25) is 0 Å². The number of nitrogens with zero attached hydrogens (tertiary/aromatic N) is 1. The lowest BCUT2D eigenvalue weighted by Gasteiger charge is -2.05. The molecule has 0 aromatic carbocycles. The molecular weight excluding hydrogens is 236 g/mol. The molecule has 0 aliphatic rings. The fourth-order valence-corrected chi connectivity index (χ4v) is 1.79. The summed E-state index contributed by atoms with van der Waals surface area (Å²) < 4.78 is 2.65. The maximum Gasteiger partial charge on any atom is 0.324 e. The highest BCUT2D eigenvalue weighted by atomic mass is 32.2. The first kappa shape index (κ1) is 13.8. The molecule has 1 aromatic rings. The van der Waals surface area contributed by atoms with Gasteiger partial charge in [0.05, 0.1) is 5.69 Å². The summed E-state index contributed by atoms with van der Waals surface area (Å²) in [4.78, 5) is 15.2. The van der Waals surface area contributed by atoms with Gasteiger partial charge in [-0.15, -0.1) is 0 Å².